The largest absolute Gasteiger partial charge is 0.495 e. The third kappa shape index (κ3) is 3.03. The van der Waals surface area contributed by atoms with Crippen LogP contribution >= 0.6 is 0 Å². The number of carbonyl (C=O) groups is 1. The Kier molecular flexibility index (Phi) is 4.25. The van der Waals surface area contributed by atoms with Gasteiger partial charge in [0.25, 0.3) is 0 Å². The Morgan fingerprint density at radius 2 is 2.05 bits per heavy atom. The van der Waals surface area contributed by atoms with Crippen molar-refractivity contribution in [3.63, 3.8) is 0 Å². The van der Waals surface area contributed by atoms with Crippen molar-refractivity contribution in [1.82, 2.24) is 4.31 Å². The minimum absolute atomic E-state index is 0.00926. The number of carboxylic acids is 1. The molecule has 6 nitrogen and oxygen atoms in total. The van der Waals surface area contributed by atoms with Crippen molar-refractivity contribution in [1.29, 1.82) is 0 Å². The fraction of sp³-hybridized carbons (Fsp3) is 0.500. The highest BCUT2D eigenvalue weighted by atomic mass is 32.2. The molecule has 1 aromatic rings. The second kappa shape index (κ2) is 5.65. The van der Waals surface area contributed by atoms with Crippen LogP contribution in [-0.4, -0.2) is 44.0 Å². The second-order valence-electron chi connectivity index (χ2n) is 5.27. The summed E-state index contributed by atoms with van der Waals surface area (Å²) >= 11 is 0. The SMILES string of the molecule is COc1cc(C(=O)O)ccc1S(=O)(=O)N(C)C(C)C1CC1. The molecule has 2 rings (SSSR count). The fourth-order valence-electron chi connectivity index (χ4n) is 2.26. The Balaban J connectivity index is 2.41. The molecule has 0 saturated heterocycles. The van der Waals surface area contributed by atoms with Crippen LogP contribution in [0.2, 0.25) is 0 Å². The van der Waals surface area contributed by atoms with Gasteiger partial charge in [-0.3, -0.25) is 0 Å². The van der Waals surface area contributed by atoms with Gasteiger partial charge in [-0.2, -0.15) is 4.31 Å². The van der Waals surface area contributed by atoms with E-state index in [9.17, 15) is 13.2 Å². The number of rotatable bonds is 6. The van der Waals surface area contributed by atoms with Gasteiger partial charge in [-0.05, 0) is 43.9 Å². The minimum atomic E-state index is -3.71. The monoisotopic (exact) mass is 313 g/mol. The summed E-state index contributed by atoms with van der Waals surface area (Å²) in [5, 5.41) is 8.96. The minimum Gasteiger partial charge on any atom is -0.495 e. The Bertz CT molecular complexity index is 651. The molecule has 0 heterocycles. The quantitative estimate of drug-likeness (QED) is 0.866. The van der Waals surface area contributed by atoms with Gasteiger partial charge in [-0.25, -0.2) is 13.2 Å². The Morgan fingerprint density at radius 1 is 1.43 bits per heavy atom. The molecule has 21 heavy (non-hydrogen) atoms. The van der Waals surface area contributed by atoms with Crippen LogP contribution in [0.4, 0.5) is 0 Å². The molecule has 1 atom stereocenters. The predicted octanol–water partition coefficient (Wildman–Crippen LogP) is 1.81. The predicted molar refractivity (Wildman–Crippen MR) is 77.1 cm³/mol. The van der Waals surface area contributed by atoms with Crippen molar-refractivity contribution in [3.05, 3.63) is 23.8 Å². The zero-order chi connectivity index (χ0) is 15.8. The number of hydrogen-bond donors (Lipinski definition) is 1. The van der Waals surface area contributed by atoms with Gasteiger partial charge in [0.2, 0.25) is 10.0 Å². The van der Waals surface area contributed by atoms with Gasteiger partial charge in [-0.1, -0.05) is 0 Å². The summed E-state index contributed by atoms with van der Waals surface area (Å²) in [5.41, 5.74) is -0.0105. The molecule has 0 aromatic heterocycles. The van der Waals surface area contributed by atoms with Gasteiger partial charge in [0.1, 0.15) is 10.6 Å². The first-order chi connectivity index (χ1) is 9.78. The van der Waals surface area contributed by atoms with E-state index in [0.717, 1.165) is 12.8 Å². The van der Waals surface area contributed by atoms with Crippen molar-refractivity contribution in [2.75, 3.05) is 14.2 Å². The molecule has 0 bridgehead atoms. The number of benzene rings is 1. The fourth-order valence-corrected chi connectivity index (χ4v) is 3.82. The van der Waals surface area contributed by atoms with Crippen molar-refractivity contribution in [2.24, 2.45) is 5.92 Å². The van der Waals surface area contributed by atoms with Gasteiger partial charge < -0.3 is 9.84 Å². The normalized spacial score (nSPS) is 16.8. The van der Waals surface area contributed by atoms with Gasteiger partial charge in [-0.15, -0.1) is 0 Å². The number of aromatic carboxylic acids is 1. The number of carboxylic acid groups (broad SMARTS) is 1. The maximum absolute atomic E-state index is 12.7. The zero-order valence-corrected chi connectivity index (χ0v) is 13.1. The van der Waals surface area contributed by atoms with Crippen molar-refractivity contribution in [3.8, 4) is 5.75 Å². The summed E-state index contributed by atoms with van der Waals surface area (Å²) in [5.74, 6) is -0.684. The molecule has 0 radical (unpaired) electrons. The van der Waals surface area contributed by atoms with Crippen LogP contribution in [0.25, 0.3) is 0 Å². The Hall–Kier alpha value is -1.60. The van der Waals surface area contributed by atoms with E-state index in [1.54, 1.807) is 7.05 Å². The first-order valence-electron chi connectivity index (χ1n) is 6.68. The van der Waals surface area contributed by atoms with E-state index in [1.807, 2.05) is 6.92 Å². The molecule has 0 aliphatic heterocycles. The molecule has 1 N–H and O–H groups in total. The van der Waals surface area contributed by atoms with Crippen LogP contribution in [0.5, 0.6) is 5.75 Å². The van der Waals surface area contributed by atoms with Crippen LogP contribution in [0, 0.1) is 5.92 Å². The Labute approximate surface area is 124 Å². The summed E-state index contributed by atoms with van der Waals surface area (Å²) < 4.78 is 31.7. The molecule has 1 aliphatic rings. The summed E-state index contributed by atoms with van der Waals surface area (Å²) in [4.78, 5) is 10.9. The van der Waals surface area contributed by atoms with Gasteiger partial charge in [0, 0.05) is 13.1 Å². The molecule has 1 fully saturated rings. The summed E-state index contributed by atoms with van der Waals surface area (Å²) in [7, 11) is -0.845. The topological polar surface area (TPSA) is 83.9 Å². The van der Waals surface area contributed by atoms with Gasteiger partial charge >= 0.3 is 5.97 Å². The lowest BCUT2D eigenvalue weighted by molar-refractivity contribution is 0.0696. The van der Waals surface area contributed by atoms with E-state index < -0.39 is 16.0 Å². The van der Waals surface area contributed by atoms with Crippen LogP contribution in [-0.2, 0) is 10.0 Å². The van der Waals surface area contributed by atoms with Crippen LogP contribution in [0.3, 0.4) is 0 Å². The third-order valence-corrected chi connectivity index (χ3v) is 5.93. The molecular formula is C14H19NO5S. The van der Waals surface area contributed by atoms with Crippen molar-refractivity contribution < 1.29 is 23.1 Å². The average Bonchev–Trinajstić information content (AvgIpc) is 3.29. The Morgan fingerprint density at radius 3 is 2.52 bits per heavy atom. The number of hydrogen-bond acceptors (Lipinski definition) is 4. The number of ether oxygens (including phenoxy) is 1. The molecule has 1 aromatic carbocycles. The van der Waals surface area contributed by atoms with Crippen LogP contribution in [0.15, 0.2) is 23.1 Å². The molecule has 7 heteroatoms. The maximum atomic E-state index is 12.7. The molecule has 116 valence electrons. The van der Waals surface area contributed by atoms with Crippen molar-refractivity contribution >= 4 is 16.0 Å². The summed E-state index contributed by atoms with van der Waals surface area (Å²) in [6.45, 7) is 1.88. The van der Waals surface area contributed by atoms with E-state index in [2.05, 4.69) is 0 Å². The summed E-state index contributed by atoms with van der Waals surface area (Å²) in [6.07, 6.45) is 2.08. The van der Waals surface area contributed by atoms with Gasteiger partial charge in [0.05, 0.1) is 12.7 Å². The van der Waals surface area contributed by atoms with Crippen molar-refractivity contribution in [2.45, 2.75) is 30.7 Å². The van der Waals surface area contributed by atoms with Crippen LogP contribution in [0.1, 0.15) is 30.1 Å². The van der Waals surface area contributed by atoms with E-state index in [-0.39, 0.29) is 22.3 Å². The third-order valence-electron chi connectivity index (χ3n) is 3.95. The lowest BCUT2D eigenvalue weighted by atomic mass is 10.2. The van der Waals surface area contributed by atoms with E-state index in [0.29, 0.717) is 5.92 Å². The lowest BCUT2D eigenvalue weighted by Crippen LogP contribution is -2.36. The number of nitrogens with zero attached hydrogens (tertiary/aromatic N) is 1. The second-order valence-corrected chi connectivity index (χ2v) is 7.24. The summed E-state index contributed by atoms with van der Waals surface area (Å²) in [6, 6.07) is 3.70. The maximum Gasteiger partial charge on any atom is 0.335 e. The van der Waals surface area contributed by atoms with E-state index >= 15 is 0 Å². The zero-order valence-electron chi connectivity index (χ0n) is 12.2. The molecular weight excluding hydrogens is 294 g/mol. The lowest BCUT2D eigenvalue weighted by Gasteiger charge is -2.25. The highest BCUT2D eigenvalue weighted by molar-refractivity contribution is 7.89. The standard InChI is InChI=1S/C14H19NO5S/c1-9(10-4-5-10)15(2)21(18,19)13-7-6-11(14(16)17)8-12(13)20-3/h6-10H,4-5H2,1-3H3,(H,16,17). The molecule has 0 amide bonds. The highest BCUT2D eigenvalue weighted by Crippen LogP contribution is 2.37. The average molecular weight is 313 g/mol. The first kappa shape index (κ1) is 15.8. The smallest absolute Gasteiger partial charge is 0.335 e. The van der Waals surface area contributed by atoms with Crippen LogP contribution < -0.4 is 4.74 Å². The van der Waals surface area contributed by atoms with E-state index in [1.165, 1.54) is 29.6 Å². The van der Waals surface area contributed by atoms with Gasteiger partial charge in [0.15, 0.2) is 0 Å². The molecule has 0 spiro atoms. The van der Waals surface area contributed by atoms with E-state index in [4.69, 9.17) is 9.84 Å². The number of sulfonamides is 1. The number of methoxy groups -OCH3 is 1. The molecule has 1 saturated carbocycles. The molecule has 1 aliphatic carbocycles. The highest BCUT2D eigenvalue weighted by Gasteiger charge is 2.37. The molecule has 1 unspecified atom stereocenters. The first-order valence-corrected chi connectivity index (χ1v) is 8.12.